The summed E-state index contributed by atoms with van der Waals surface area (Å²) in [5.41, 5.74) is 0.844. The number of nitro benzene ring substituents is 1. The monoisotopic (exact) mass is 205 g/mol. The van der Waals surface area contributed by atoms with E-state index in [1.54, 1.807) is 6.07 Å². The molecule has 0 amide bonds. The maximum atomic E-state index is 10.5. The average molecular weight is 205 g/mol. The summed E-state index contributed by atoms with van der Waals surface area (Å²) in [6, 6.07) is 6.31. The molecule has 0 unspecified atom stereocenters. The van der Waals surface area contributed by atoms with Crippen LogP contribution in [0.15, 0.2) is 18.2 Å². The van der Waals surface area contributed by atoms with E-state index in [-0.39, 0.29) is 17.3 Å². The van der Waals surface area contributed by atoms with E-state index in [4.69, 9.17) is 5.26 Å². The summed E-state index contributed by atoms with van der Waals surface area (Å²) in [6.07, 6.45) is 0. The third-order valence-corrected chi connectivity index (χ3v) is 1.78. The van der Waals surface area contributed by atoms with Gasteiger partial charge in [0.05, 0.1) is 16.2 Å². The Morgan fingerprint density at radius 2 is 2.20 bits per heavy atom. The summed E-state index contributed by atoms with van der Waals surface area (Å²) in [5.74, 6) is 0. The van der Waals surface area contributed by atoms with Gasteiger partial charge in [0, 0.05) is 18.2 Å². The lowest BCUT2D eigenvalue weighted by Crippen LogP contribution is -2.10. The molecule has 15 heavy (non-hydrogen) atoms. The fourth-order valence-electron chi connectivity index (χ4n) is 1.18. The molecule has 0 saturated carbocycles. The second kappa shape index (κ2) is 4.42. The van der Waals surface area contributed by atoms with E-state index in [9.17, 15) is 10.1 Å². The molecule has 1 rings (SSSR count). The van der Waals surface area contributed by atoms with Gasteiger partial charge in [-0.2, -0.15) is 5.26 Å². The second-order valence-electron chi connectivity index (χ2n) is 3.40. The molecule has 1 N–H and O–H groups in total. The molecule has 0 heterocycles. The van der Waals surface area contributed by atoms with Crippen molar-refractivity contribution in [2.75, 3.05) is 5.32 Å². The Labute approximate surface area is 87.5 Å². The van der Waals surface area contributed by atoms with Crippen molar-refractivity contribution in [2.24, 2.45) is 0 Å². The zero-order chi connectivity index (χ0) is 11.4. The Bertz CT molecular complexity index is 421. The number of nitriles is 1. The fraction of sp³-hybridized carbons (Fsp3) is 0.300. The number of hydrogen-bond acceptors (Lipinski definition) is 4. The molecule has 0 radical (unpaired) electrons. The van der Waals surface area contributed by atoms with Gasteiger partial charge in [0.2, 0.25) is 0 Å². The smallest absolute Gasteiger partial charge is 0.270 e. The number of nitrogens with one attached hydrogen (secondary N) is 1. The quantitative estimate of drug-likeness (QED) is 0.606. The first-order valence-electron chi connectivity index (χ1n) is 4.49. The molecule has 0 saturated heterocycles. The molecule has 78 valence electrons. The van der Waals surface area contributed by atoms with Gasteiger partial charge in [-0.1, -0.05) is 0 Å². The van der Waals surface area contributed by atoms with Crippen LogP contribution < -0.4 is 5.32 Å². The predicted molar refractivity (Wildman–Crippen MR) is 56.6 cm³/mol. The highest BCUT2D eigenvalue weighted by molar-refractivity contribution is 5.61. The third-order valence-electron chi connectivity index (χ3n) is 1.78. The number of non-ortho nitro benzene ring substituents is 1. The Balaban J connectivity index is 3.11. The van der Waals surface area contributed by atoms with Crippen LogP contribution in [0.2, 0.25) is 0 Å². The van der Waals surface area contributed by atoms with E-state index < -0.39 is 4.92 Å². The molecule has 0 fully saturated rings. The average Bonchev–Trinajstić information content (AvgIpc) is 2.17. The number of anilines is 1. The van der Waals surface area contributed by atoms with Crippen molar-refractivity contribution in [1.82, 2.24) is 0 Å². The van der Waals surface area contributed by atoms with Gasteiger partial charge in [-0.3, -0.25) is 10.1 Å². The van der Waals surface area contributed by atoms with Gasteiger partial charge in [0.1, 0.15) is 6.07 Å². The lowest BCUT2D eigenvalue weighted by molar-refractivity contribution is -0.384. The zero-order valence-electron chi connectivity index (χ0n) is 8.52. The highest BCUT2D eigenvalue weighted by atomic mass is 16.6. The van der Waals surface area contributed by atoms with Crippen LogP contribution in [0.1, 0.15) is 19.4 Å². The van der Waals surface area contributed by atoms with Crippen LogP contribution in [0.4, 0.5) is 11.4 Å². The lowest BCUT2D eigenvalue weighted by Gasteiger charge is -2.10. The second-order valence-corrected chi connectivity index (χ2v) is 3.40. The minimum atomic E-state index is -0.514. The highest BCUT2D eigenvalue weighted by Crippen LogP contribution is 2.21. The predicted octanol–water partition coefficient (Wildman–Crippen LogP) is 2.29. The summed E-state index contributed by atoms with van der Waals surface area (Å²) in [7, 11) is 0. The molecule has 1 aromatic rings. The number of benzene rings is 1. The maximum Gasteiger partial charge on any atom is 0.270 e. The van der Waals surface area contributed by atoms with Gasteiger partial charge >= 0.3 is 0 Å². The van der Waals surface area contributed by atoms with Crippen molar-refractivity contribution in [3.05, 3.63) is 33.9 Å². The lowest BCUT2D eigenvalue weighted by atomic mass is 10.1. The SMILES string of the molecule is CC(C)Nc1ccc([N+](=O)[O-])cc1C#N. The van der Waals surface area contributed by atoms with E-state index in [0.717, 1.165) is 0 Å². The minimum absolute atomic E-state index is 0.0687. The number of nitrogens with zero attached hydrogens (tertiary/aromatic N) is 2. The molecule has 5 nitrogen and oxygen atoms in total. The van der Waals surface area contributed by atoms with Crippen LogP contribution in [0, 0.1) is 21.4 Å². The standard InChI is InChI=1S/C10H11N3O2/c1-7(2)12-10-4-3-9(13(14)15)5-8(10)6-11/h3-5,7,12H,1-2H3. The molecule has 0 aliphatic rings. The molecule has 1 aromatic carbocycles. The van der Waals surface area contributed by atoms with Gasteiger partial charge in [0.25, 0.3) is 5.69 Å². The summed E-state index contributed by atoms with van der Waals surface area (Å²) in [6.45, 7) is 3.87. The molecule has 0 spiro atoms. The van der Waals surface area contributed by atoms with Crippen molar-refractivity contribution in [1.29, 1.82) is 5.26 Å². The maximum absolute atomic E-state index is 10.5. The first kappa shape index (κ1) is 11.0. The number of nitro groups is 1. The van der Waals surface area contributed by atoms with Crippen LogP contribution in [0.5, 0.6) is 0 Å². The molecule has 0 aliphatic heterocycles. The van der Waals surface area contributed by atoms with Gasteiger partial charge in [-0.05, 0) is 19.9 Å². The fourth-order valence-corrected chi connectivity index (χ4v) is 1.18. The Hall–Kier alpha value is -2.09. The van der Waals surface area contributed by atoms with E-state index in [1.807, 2.05) is 19.9 Å². The van der Waals surface area contributed by atoms with E-state index in [0.29, 0.717) is 5.69 Å². The van der Waals surface area contributed by atoms with Crippen molar-refractivity contribution in [3.8, 4) is 6.07 Å². The molecule has 0 atom stereocenters. The molecular weight excluding hydrogens is 194 g/mol. The summed E-state index contributed by atoms with van der Waals surface area (Å²) in [5, 5.41) is 22.3. The van der Waals surface area contributed by atoms with E-state index in [1.165, 1.54) is 12.1 Å². The molecular formula is C10H11N3O2. The van der Waals surface area contributed by atoms with Crippen LogP contribution >= 0.6 is 0 Å². The van der Waals surface area contributed by atoms with Gasteiger partial charge < -0.3 is 5.32 Å². The largest absolute Gasteiger partial charge is 0.382 e. The first-order chi connectivity index (χ1) is 7.04. The minimum Gasteiger partial charge on any atom is -0.382 e. The summed E-state index contributed by atoms with van der Waals surface area (Å²) in [4.78, 5) is 9.96. The van der Waals surface area contributed by atoms with Crippen molar-refractivity contribution in [3.63, 3.8) is 0 Å². The van der Waals surface area contributed by atoms with Crippen molar-refractivity contribution >= 4 is 11.4 Å². The summed E-state index contributed by atoms with van der Waals surface area (Å²) < 4.78 is 0. The van der Waals surface area contributed by atoms with Crippen molar-refractivity contribution < 1.29 is 4.92 Å². The molecule has 0 aromatic heterocycles. The van der Waals surface area contributed by atoms with Crippen molar-refractivity contribution in [2.45, 2.75) is 19.9 Å². The van der Waals surface area contributed by atoms with Crippen LogP contribution in [-0.4, -0.2) is 11.0 Å². The Kier molecular flexibility index (Phi) is 3.24. The van der Waals surface area contributed by atoms with Crippen LogP contribution in [0.25, 0.3) is 0 Å². The van der Waals surface area contributed by atoms with Crippen LogP contribution in [0.3, 0.4) is 0 Å². The molecule has 0 aliphatic carbocycles. The van der Waals surface area contributed by atoms with Gasteiger partial charge in [-0.25, -0.2) is 0 Å². The number of hydrogen-bond donors (Lipinski definition) is 1. The first-order valence-corrected chi connectivity index (χ1v) is 4.49. The molecule has 0 bridgehead atoms. The topological polar surface area (TPSA) is 79.0 Å². The van der Waals surface area contributed by atoms with E-state index >= 15 is 0 Å². The molecule has 5 heteroatoms. The van der Waals surface area contributed by atoms with Crippen LogP contribution in [-0.2, 0) is 0 Å². The third kappa shape index (κ3) is 2.68. The van der Waals surface area contributed by atoms with E-state index in [2.05, 4.69) is 5.32 Å². The Morgan fingerprint density at radius 1 is 1.53 bits per heavy atom. The summed E-state index contributed by atoms with van der Waals surface area (Å²) >= 11 is 0. The highest BCUT2D eigenvalue weighted by Gasteiger charge is 2.10. The zero-order valence-corrected chi connectivity index (χ0v) is 8.52. The Morgan fingerprint density at radius 3 is 2.67 bits per heavy atom. The normalized spacial score (nSPS) is 9.73. The van der Waals surface area contributed by atoms with Gasteiger partial charge in [0.15, 0.2) is 0 Å². The van der Waals surface area contributed by atoms with Gasteiger partial charge in [-0.15, -0.1) is 0 Å². The number of rotatable bonds is 3.